The number of amides is 2. The van der Waals surface area contributed by atoms with Crippen LogP contribution in [-0.2, 0) is 12.7 Å². The number of rotatable bonds is 4. The van der Waals surface area contributed by atoms with Crippen LogP contribution in [0.4, 0.5) is 22.4 Å². The summed E-state index contributed by atoms with van der Waals surface area (Å²) in [5, 5.41) is 2.64. The predicted octanol–water partition coefficient (Wildman–Crippen LogP) is 4.75. The molecule has 0 heterocycles. The summed E-state index contributed by atoms with van der Waals surface area (Å²) in [6, 6.07) is 9.85. The molecule has 2 aromatic rings. The molecule has 3 nitrogen and oxygen atoms in total. The Balaban J connectivity index is 2.06. The fraction of sp³-hybridized carbons (Fsp3) is 0.278. The lowest BCUT2D eigenvalue weighted by Crippen LogP contribution is -2.38. The quantitative estimate of drug-likeness (QED) is 0.790. The van der Waals surface area contributed by atoms with Crippen molar-refractivity contribution in [3.05, 3.63) is 71.0 Å². The first-order valence-electron chi connectivity index (χ1n) is 7.60. The smallest absolute Gasteiger partial charge is 0.331 e. The van der Waals surface area contributed by atoms with E-state index >= 15 is 0 Å². The minimum atomic E-state index is -4.48. The van der Waals surface area contributed by atoms with Crippen molar-refractivity contribution >= 4 is 6.03 Å². The number of hydrogen-bond donors (Lipinski definition) is 1. The zero-order chi connectivity index (χ0) is 18.6. The van der Waals surface area contributed by atoms with E-state index in [1.54, 1.807) is 13.0 Å². The molecule has 0 aromatic heterocycles. The molecule has 0 unspecified atom stereocenters. The van der Waals surface area contributed by atoms with Crippen molar-refractivity contribution in [3.8, 4) is 0 Å². The predicted molar refractivity (Wildman–Crippen MR) is 86.3 cm³/mol. The van der Waals surface area contributed by atoms with Crippen molar-refractivity contribution < 1.29 is 22.4 Å². The van der Waals surface area contributed by atoms with E-state index in [1.807, 2.05) is 0 Å². The first kappa shape index (κ1) is 18.8. The summed E-state index contributed by atoms with van der Waals surface area (Å²) in [4.78, 5) is 13.4. The summed E-state index contributed by atoms with van der Waals surface area (Å²) in [5.74, 6) is -0.425. The lowest BCUT2D eigenvalue weighted by molar-refractivity contribution is -0.138. The number of urea groups is 1. The third-order valence-corrected chi connectivity index (χ3v) is 3.77. The van der Waals surface area contributed by atoms with Crippen LogP contribution in [0.25, 0.3) is 0 Å². The maximum absolute atomic E-state index is 13.2. The fourth-order valence-electron chi connectivity index (χ4n) is 2.42. The molecule has 2 aromatic carbocycles. The van der Waals surface area contributed by atoms with Crippen LogP contribution in [0.1, 0.15) is 29.7 Å². The van der Waals surface area contributed by atoms with Crippen molar-refractivity contribution in [1.82, 2.24) is 10.2 Å². The summed E-state index contributed by atoms with van der Waals surface area (Å²) in [7, 11) is 1.40. The monoisotopic (exact) mass is 354 g/mol. The van der Waals surface area contributed by atoms with Gasteiger partial charge in [0.05, 0.1) is 11.6 Å². The molecule has 25 heavy (non-hydrogen) atoms. The molecule has 0 aliphatic carbocycles. The normalized spacial score (nSPS) is 12.6. The second-order valence-corrected chi connectivity index (χ2v) is 5.74. The zero-order valence-corrected chi connectivity index (χ0v) is 13.8. The van der Waals surface area contributed by atoms with Crippen LogP contribution in [0, 0.1) is 5.82 Å². The molecule has 0 fully saturated rings. The number of carbonyl (C=O) groups is 1. The van der Waals surface area contributed by atoms with Crippen molar-refractivity contribution in [1.29, 1.82) is 0 Å². The zero-order valence-electron chi connectivity index (χ0n) is 13.8. The van der Waals surface area contributed by atoms with Gasteiger partial charge >= 0.3 is 12.2 Å². The topological polar surface area (TPSA) is 32.3 Å². The second-order valence-electron chi connectivity index (χ2n) is 5.74. The van der Waals surface area contributed by atoms with Crippen molar-refractivity contribution in [2.45, 2.75) is 25.7 Å². The van der Waals surface area contributed by atoms with Crippen LogP contribution in [0.2, 0.25) is 0 Å². The van der Waals surface area contributed by atoms with E-state index < -0.39 is 29.6 Å². The van der Waals surface area contributed by atoms with Crippen LogP contribution in [0.3, 0.4) is 0 Å². The Bertz CT molecular complexity index is 746. The molecule has 7 heteroatoms. The van der Waals surface area contributed by atoms with Crippen molar-refractivity contribution in [2.24, 2.45) is 0 Å². The van der Waals surface area contributed by atoms with Crippen LogP contribution < -0.4 is 5.32 Å². The van der Waals surface area contributed by atoms with Crippen molar-refractivity contribution in [3.63, 3.8) is 0 Å². The number of halogens is 4. The van der Waals surface area contributed by atoms with Gasteiger partial charge in [0.1, 0.15) is 5.82 Å². The number of hydrogen-bond acceptors (Lipinski definition) is 1. The first-order chi connectivity index (χ1) is 11.7. The van der Waals surface area contributed by atoms with Gasteiger partial charge in [-0.2, -0.15) is 13.2 Å². The first-order valence-corrected chi connectivity index (χ1v) is 7.60. The number of nitrogens with one attached hydrogen (secondary N) is 1. The number of carbonyl (C=O) groups excluding carboxylic acids is 1. The van der Waals surface area contributed by atoms with Crippen LogP contribution in [0.5, 0.6) is 0 Å². The second kappa shape index (κ2) is 7.55. The van der Waals surface area contributed by atoms with Crippen molar-refractivity contribution in [2.75, 3.05) is 7.05 Å². The Kier molecular flexibility index (Phi) is 5.66. The molecule has 1 atom stereocenters. The average Bonchev–Trinajstić information content (AvgIpc) is 2.54. The van der Waals surface area contributed by atoms with Gasteiger partial charge in [0.2, 0.25) is 0 Å². The van der Waals surface area contributed by atoms with Gasteiger partial charge in [-0.25, -0.2) is 9.18 Å². The van der Waals surface area contributed by atoms with Crippen LogP contribution >= 0.6 is 0 Å². The summed E-state index contributed by atoms with van der Waals surface area (Å²) >= 11 is 0. The van der Waals surface area contributed by atoms with E-state index in [1.165, 1.54) is 43.4 Å². The highest BCUT2D eigenvalue weighted by Crippen LogP contribution is 2.32. The van der Waals surface area contributed by atoms with E-state index in [0.29, 0.717) is 5.56 Å². The Morgan fingerprint density at radius 2 is 1.84 bits per heavy atom. The van der Waals surface area contributed by atoms with Gasteiger partial charge in [0.25, 0.3) is 0 Å². The number of nitrogens with zero attached hydrogens (tertiary/aromatic N) is 1. The molecule has 134 valence electrons. The summed E-state index contributed by atoms with van der Waals surface area (Å²) < 4.78 is 52.3. The maximum Gasteiger partial charge on any atom is 0.416 e. The largest absolute Gasteiger partial charge is 0.416 e. The summed E-state index contributed by atoms with van der Waals surface area (Å²) in [5.41, 5.74) is -0.198. The molecule has 2 amide bonds. The highest BCUT2D eigenvalue weighted by Gasteiger charge is 2.33. The Labute approximate surface area is 143 Å². The average molecular weight is 354 g/mol. The Morgan fingerprint density at radius 1 is 1.16 bits per heavy atom. The molecule has 1 N–H and O–H groups in total. The molecule has 0 spiro atoms. The maximum atomic E-state index is 13.2. The van der Waals surface area contributed by atoms with Gasteiger partial charge in [-0.05, 0) is 36.2 Å². The van der Waals surface area contributed by atoms with E-state index in [0.717, 1.165) is 11.0 Å². The van der Waals surface area contributed by atoms with Gasteiger partial charge in [-0.3, -0.25) is 0 Å². The standard InChI is InChI=1S/C18H18F4N2O/c1-12(13-7-5-8-15(19)10-13)23-17(25)24(2)11-14-6-3-4-9-16(14)18(20,21)22/h3-10,12H,11H2,1-2H3,(H,23,25)/t12-/m1/s1. The molecule has 0 aliphatic heterocycles. The lowest BCUT2D eigenvalue weighted by atomic mass is 10.1. The molecule has 2 rings (SSSR count). The van der Waals surface area contributed by atoms with Gasteiger partial charge in [-0.1, -0.05) is 30.3 Å². The molecular weight excluding hydrogens is 336 g/mol. The fourth-order valence-corrected chi connectivity index (χ4v) is 2.42. The summed E-state index contributed by atoms with van der Waals surface area (Å²) in [6.45, 7) is 1.47. The molecule has 0 radical (unpaired) electrons. The number of benzene rings is 2. The molecule has 0 aliphatic rings. The van der Waals surface area contributed by atoms with Gasteiger partial charge in [0, 0.05) is 13.6 Å². The minimum absolute atomic E-state index is 0.00561. The Morgan fingerprint density at radius 3 is 2.48 bits per heavy atom. The highest BCUT2D eigenvalue weighted by molar-refractivity contribution is 5.74. The lowest BCUT2D eigenvalue weighted by Gasteiger charge is -2.23. The van der Waals surface area contributed by atoms with Crippen LogP contribution in [-0.4, -0.2) is 18.0 Å². The van der Waals surface area contributed by atoms with E-state index in [-0.39, 0.29) is 12.1 Å². The van der Waals surface area contributed by atoms with E-state index in [9.17, 15) is 22.4 Å². The third kappa shape index (κ3) is 4.95. The SMILES string of the molecule is C[C@@H](NC(=O)N(C)Cc1ccccc1C(F)(F)F)c1cccc(F)c1. The molecule has 0 saturated heterocycles. The third-order valence-electron chi connectivity index (χ3n) is 3.77. The Hall–Kier alpha value is -2.57. The molecule has 0 bridgehead atoms. The molecular formula is C18H18F4N2O. The van der Waals surface area contributed by atoms with Gasteiger partial charge < -0.3 is 10.2 Å². The van der Waals surface area contributed by atoms with Crippen LogP contribution in [0.15, 0.2) is 48.5 Å². The highest BCUT2D eigenvalue weighted by atomic mass is 19.4. The van der Waals surface area contributed by atoms with E-state index in [2.05, 4.69) is 5.32 Å². The van der Waals surface area contributed by atoms with E-state index in [4.69, 9.17) is 0 Å². The minimum Gasteiger partial charge on any atom is -0.331 e. The van der Waals surface area contributed by atoms with Gasteiger partial charge in [-0.15, -0.1) is 0 Å². The number of alkyl halides is 3. The summed E-state index contributed by atoms with van der Waals surface area (Å²) in [6.07, 6.45) is -4.48. The van der Waals surface area contributed by atoms with Gasteiger partial charge in [0.15, 0.2) is 0 Å². The molecule has 0 saturated carbocycles.